The SMILES string of the molecule is CN1C(=O)C2CCCCCCC(C2)N(C)c2cc(Cl)ncc21. The molecular formula is C17H24ClN3O. The molecule has 1 aliphatic carbocycles. The number of rotatable bonds is 0. The maximum atomic E-state index is 12.9. The summed E-state index contributed by atoms with van der Waals surface area (Å²) >= 11 is 6.10. The molecular weight excluding hydrogens is 298 g/mol. The molecule has 1 aliphatic heterocycles. The van der Waals surface area contributed by atoms with E-state index in [-0.39, 0.29) is 11.8 Å². The van der Waals surface area contributed by atoms with Gasteiger partial charge in [0.1, 0.15) is 5.15 Å². The van der Waals surface area contributed by atoms with Crippen LogP contribution in [0.1, 0.15) is 44.9 Å². The monoisotopic (exact) mass is 321 g/mol. The van der Waals surface area contributed by atoms with Crippen molar-refractivity contribution in [3.63, 3.8) is 0 Å². The second kappa shape index (κ2) is 6.45. The molecule has 1 saturated carbocycles. The molecule has 5 heteroatoms. The van der Waals surface area contributed by atoms with E-state index in [1.165, 1.54) is 19.3 Å². The van der Waals surface area contributed by atoms with Gasteiger partial charge in [-0.3, -0.25) is 4.79 Å². The third-order valence-corrected chi connectivity index (χ3v) is 5.40. The summed E-state index contributed by atoms with van der Waals surface area (Å²) in [4.78, 5) is 21.2. The van der Waals surface area contributed by atoms with Crippen molar-refractivity contribution in [2.75, 3.05) is 23.9 Å². The minimum atomic E-state index is 0.124. The van der Waals surface area contributed by atoms with Crippen molar-refractivity contribution in [3.05, 3.63) is 17.4 Å². The lowest BCUT2D eigenvalue weighted by Crippen LogP contribution is -2.43. The molecule has 4 nitrogen and oxygen atoms in total. The van der Waals surface area contributed by atoms with Crippen LogP contribution in [-0.4, -0.2) is 31.0 Å². The highest BCUT2D eigenvalue weighted by Gasteiger charge is 2.33. The summed E-state index contributed by atoms with van der Waals surface area (Å²) in [7, 11) is 3.98. The van der Waals surface area contributed by atoms with Crippen LogP contribution < -0.4 is 9.80 Å². The predicted octanol–water partition coefficient (Wildman–Crippen LogP) is 3.88. The second-order valence-corrected chi connectivity index (χ2v) is 6.97. The normalized spacial score (nSPS) is 26.4. The van der Waals surface area contributed by atoms with Crippen LogP contribution in [0.3, 0.4) is 0 Å². The fourth-order valence-corrected chi connectivity index (χ4v) is 3.96. The van der Waals surface area contributed by atoms with Gasteiger partial charge in [-0.25, -0.2) is 4.98 Å². The van der Waals surface area contributed by atoms with Crippen LogP contribution in [0.2, 0.25) is 5.15 Å². The van der Waals surface area contributed by atoms with Gasteiger partial charge in [0, 0.05) is 32.1 Å². The summed E-state index contributed by atoms with van der Waals surface area (Å²) in [5.41, 5.74) is 1.88. The van der Waals surface area contributed by atoms with Gasteiger partial charge in [-0.2, -0.15) is 0 Å². The maximum Gasteiger partial charge on any atom is 0.230 e. The van der Waals surface area contributed by atoms with E-state index in [9.17, 15) is 4.79 Å². The molecule has 1 aromatic rings. The van der Waals surface area contributed by atoms with Crippen LogP contribution in [0.5, 0.6) is 0 Å². The lowest BCUT2D eigenvalue weighted by Gasteiger charge is -2.38. The third-order valence-electron chi connectivity index (χ3n) is 5.19. The van der Waals surface area contributed by atoms with Crippen molar-refractivity contribution >= 4 is 28.9 Å². The van der Waals surface area contributed by atoms with E-state index in [1.54, 1.807) is 11.1 Å². The zero-order valence-electron chi connectivity index (χ0n) is 13.4. The van der Waals surface area contributed by atoms with Gasteiger partial charge in [0.05, 0.1) is 17.6 Å². The molecule has 1 fully saturated rings. The van der Waals surface area contributed by atoms with E-state index in [0.717, 1.165) is 37.1 Å². The molecule has 2 atom stereocenters. The highest BCUT2D eigenvalue weighted by Crippen LogP contribution is 2.38. The first-order valence-electron chi connectivity index (χ1n) is 8.24. The largest absolute Gasteiger partial charge is 0.370 e. The smallest absolute Gasteiger partial charge is 0.230 e. The molecule has 0 N–H and O–H groups in total. The van der Waals surface area contributed by atoms with Crippen molar-refractivity contribution < 1.29 is 4.79 Å². The quantitative estimate of drug-likeness (QED) is 0.680. The predicted molar refractivity (Wildman–Crippen MR) is 90.7 cm³/mol. The number of halogens is 1. The zero-order valence-corrected chi connectivity index (χ0v) is 14.1. The Labute approximate surface area is 137 Å². The van der Waals surface area contributed by atoms with E-state index >= 15 is 0 Å². The van der Waals surface area contributed by atoms with Crippen molar-refractivity contribution in [1.29, 1.82) is 0 Å². The molecule has 2 unspecified atom stereocenters. The highest BCUT2D eigenvalue weighted by molar-refractivity contribution is 6.29. The van der Waals surface area contributed by atoms with E-state index in [4.69, 9.17) is 11.6 Å². The lowest BCUT2D eigenvalue weighted by atomic mass is 9.90. The first-order valence-corrected chi connectivity index (χ1v) is 8.61. The number of carbonyl (C=O) groups excluding carboxylic acids is 1. The van der Waals surface area contributed by atoms with Gasteiger partial charge in [0.2, 0.25) is 5.91 Å². The van der Waals surface area contributed by atoms with Crippen molar-refractivity contribution in [3.8, 4) is 0 Å². The number of hydrogen-bond donors (Lipinski definition) is 0. The van der Waals surface area contributed by atoms with Gasteiger partial charge in [-0.1, -0.05) is 37.3 Å². The first kappa shape index (κ1) is 15.6. The molecule has 0 saturated heterocycles. The van der Waals surface area contributed by atoms with Crippen LogP contribution in [0.15, 0.2) is 12.3 Å². The summed E-state index contributed by atoms with van der Waals surface area (Å²) in [6.07, 6.45) is 9.72. The maximum absolute atomic E-state index is 12.9. The standard InChI is InChI=1S/C17H24ClN3O/c1-20-13-8-6-4-3-5-7-12(9-13)17(22)21(2)15-11-19-16(18)10-14(15)20/h10-13H,3-9H2,1-2H3. The number of fused-ring (bicyclic) bond motifs is 3. The first-order chi connectivity index (χ1) is 10.6. The Morgan fingerprint density at radius 1 is 1.14 bits per heavy atom. The lowest BCUT2D eigenvalue weighted by molar-refractivity contribution is -0.122. The number of amides is 1. The number of hydrogen-bond acceptors (Lipinski definition) is 3. The highest BCUT2D eigenvalue weighted by atomic mass is 35.5. The van der Waals surface area contributed by atoms with E-state index < -0.39 is 0 Å². The molecule has 0 aromatic carbocycles. The molecule has 3 rings (SSSR count). The fraction of sp³-hybridized carbons (Fsp3) is 0.647. The van der Waals surface area contributed by atoms with Crippen molar-refractivity contribution in [1.82, 2.24) is 4.98 Å². The molecule has 2 heterocycles. The Bertz CT molecular complexity index is 563. The van der Waals surface area contributed by atoms with Crippen molar-refractivity contribution in [2.24, 2.45) is 5.92 Å². The van der Waals surface area contributed by atoms with E-state index in [1.807, 2.05) is 13.1 Å². The average Bonchev–Trinajstić information content (AvgIpc) is 2.64. The number of pyridine rings is 1. The average molecular weight is 322 g/mol. The van der Waals surface area contributed by atoms with Crippen LogP contribution in [0, 0.1) is 5.92 Å². The van der Waals surface area contributed by atoms with Gasteiger partial charge in [-0.15, -0.1) is 0 Å². The molecule has 2 bridgehead atoms. The minimum Gasteiger partial charge on any atom is -0.370 e. The second-order valence-electron chi connectivity index (χ2n) is 6.58. The number of carbonyl (C=O) groups is 1. The molecule has 1 amide bonds. The number of nitrogens with zero attached hydrogens (tertiary/aromatic N) is 3. The Morgan fingerprint density at radius 3 is 2.64 bits per heavy atom. The molecule has 0 spiro atoms. The van der Waals surface area contributed by atoms with Crippen LogP contribution in [-0.2, 0) is 4.79 Å². The van der Waals surface area contributed by atoms with Crippen molar-refractivity contribution in [2.45, 2.75) is 51.0 Å². The minimum absolute atomic E-state index is 0.124. The van der Waals surface area contributed by atoms with Gasteiger partial charge >= 0.3 is 0 Å². The molecule has 0 radical (unpaired) electrons. The van der Waals surface area contributed by atoms with Crippen LogP contribution >= 0.6 is 11.6 Å². The molecule has 120 valence electrons. The summed E-state index contributed by atoms with van der Waals surface area (Å²) < 4.78 is 0. The zero-order chi connectivity index (χ0) is 15.7. The number of aromatic nitrogens is 1. The van der Waals surface area contributed by atoms with Gasteiger partial charge in [-0.05, 0) is 19.3 Å². The van der Waals surface area contributed by atoms with Gasteiger partial charge < -0.3 is 9.80 Å². The Hall–Kier alpha value is -1.29. The summed E-state index contributed by atoms with van der Waals surface area (Å²) in [6.45, 7) is 0. The number of anilines is 2. The van der Waals surface area contributed by atoms with Crippen LogP contribution in [0.4, 0.5) is 11.4 Å². The molecule has 1 aromatic heterocycles. The van der Waals surface area contributed by atoms with Gasteiger partial charge in [0.15, 0.2) is 0 Å². The third kappa shape index (κ3) is 2.94. The van der Waals surface area contributed by atoms with E-state index in [0.29, 0.717) is 11.2 Å². The molecule has 22 heavy (non-hydrogen) atoms. The molecule has 2 aliphatic rings. The van der Waals surface area contributed by atoms with E-state index in [2.05, 4.69) is 16.9 Å². The van der Waals surface area contributed by atoms with Gasteiger partial charge in [0.25, 0.3) is 0 Å². The summed E-state index contributed by atoms with van der Waals surface area (Å²) in [5, 5.41) is 0.478. The van der Waals surface area contributed by atoms with Crippen LogP contribution in [0.25, 0.3) is 0 Å². The fourth-order valence-electron chi connectivity index (χ4n) is 3.81. The summed E-state index contributed by atoms with van der Waals surface area (Å²) in [5.74, 6) is 0.352. The Morgan fingerprint density at radius 2 is 1.86 bits per heavy atom. The Balaban J connectivity index is 2.05. The Kier molecular flexibility index (Phi) is 4.57. The summed E-state index contributed by atoms with van der Waals surface area (Å²) in [6, 6.07) is 2.28. The topological polar surface area (TPSA) is 36.4 Å².